The molecule has 0 spiro atoms. The molecule has 0 aliphatic carbocycles. The van der Waals surface area contributed by atoms with Crippen LogP contribution >= 0.6 is 0 Å². The molecule has 100 valence electrons. The number of fused-ring (bicyclic) bond motifs is 1. The largest absolute Gasteiger partial charge is 0.305 e. The van der Waals surface area contributed by atoms with E-state index < -0.39 is 6.04 Å². The highest BCUT2D eigenvalue weighted by molar-refractivity contribution is 6.04. The monoisotopic (exact) mass is 270 g/mol. The number of para-hydroxylation sites is 1. The molecular weight excluding hydrogens is 259 g/mol. The molecule has 0 fully saturated rings. The van der Waals surface area contributed by atoms with Gasteiger partial charge >= 0.3 is 0 Å². The Balaban J connectivity index is 1.95. The quantitative estimate of drug-likeness (QED) is 0.804. The lowest BCUT2D eigenvalue weighted by Gasteiger charge is -2.17. The molecule has 2 aromatic carbocycles. The van der Waals surface area contributed by atoms with E-state index in [4.69, 9.17) is 0 Å². The summed E-state index contributed by atoms with van der Waals surface area (Å²) in [6.45, 7) is 0.294. The van der Waals surface area contributed by atoms with Gasteiger partial charge in [0.25, 0.3) is 5.91 Å². The minimum atomic E-state index is -0.980. The predicted octanol–water partition coefficient (Wildman–Crippen LogP) is 3.18. The fraction of sp³-hybridized carbons (Fsp3) is 0.133. The molecule has 0 saturated heterocycles. The second kappa shape index (κ2) is 4.85. The molecule has 0 radical (unpaired) electrons. The summed E-state index contributed by atoms with van der Waals surface area (Å²) < 4.78 is 12.9. The molecule has 2 aromatic rings. The van der Waals surface area contributed by atoms with E-state index >= 15 is 0 Å². The van der Waals surface area contributed by atoms with Crippen LogP contribution in [0.15, 0.2) is 53.7 Å². The van der Waals surface area contributed by atoms with Crippen molar-refractivity contribution in [1.29, 1.82) is 0 Å². The molecule has 0 aromatic heterocycles. The average molecular weight is 270 g/mol. The summed E-state index contributed by atoms with van der Waals surface area (Å²) in [5.74, 6) is -0.667. The molecule has 1 heterocycles. The van der Waals surface area contributed by atoms with E-state index in [1.807, 2.05) is 0 Å². The number of rotatable bonds is 3. The first-order valence-electron chi connectivity index (χ1n) is 6.18. The maximum Gasteiger partial charge on any atom is 0.260 e. The third-order valence-electron chi connectivity index (χ3n) is 3.38. The van der Waals surface area contributed by atoms with Gasteiger partial charge in [-0.15, -0.1) is 4.91 Å². The van der Waals surface area contributed by atoms with Crippen molar-refractivity contribution in [2.75, 3.05) is 4.90 Å². The average Bonchev–Trinajstić information content (AvgIpc) is 2.74. The molecule has 20 heavy (non-hydrogen) atoms. The number of halogens is 1. The van der Waals surface area contributed by atoms with Gasteiger partial charge < -0.3 is 4.90 Å². The van der Waals surface area contributed by atoms with Gasteiger partial charge in [0.2, 0.25) is 0 Å². The van der Waals surface area contributed by atoms with Crippen LogP contribution in [-0.4, -0.2) is 5.91 Å². The molecule has 5 heteroatoms. The molecule has 3 rings (SSSR count). The van der Waals surface area contributed by atoms with E-state index in [-0.39, 0.29) is 11.7 Å². The van der Waals surface area contributed by atoms with Crippen molar-refractivity contribution in [3.63, 3.8) is 0 Å². The van der Waals surface area contributed by atoms with Crippen LogP contribution in [0.25, 0.3) is 0 Å². The number of hydrogen-bond donors (Lipinski definition) is 0. The van der Waals surface area contributed by atoms with Gasteiger partial charge in [0, 0.05) is 5.56 Å². The van der Waals surface area contributed by atoms with Crippen molar-refractivity contribution in [3.05, 3.63) is 70.4 Å². The van der Waals surface area contributed by atoms with Crippen LogP contribution in [0.4, 0.5) is 10.1 Å². The van der Waals surface area contributed by atoms with E-state index in [1.54, 1.807) is 36.4 Å². The molecule has 1 amide bonds. The summed E-state index contributed by atoms with van der Waals surface area (Å²) in [6, 6.07) is 12.0. The van der Waals surface area contributed by atoms with Crippen LogP contribution in [0.5, 0.6) is 0 Å². The fourth-order valence-corrected chi connectivity index (χ4v) is 2.40. The van der Waals surface area contributed by atoms with Crippen molar-refractivity contribution in [2.45, 2.75) is 12.6 Å². The molecule has 1 unspecified atom stereocenters. The highest BCUT2D eigenvalue weighted by Crippen LogP contribution is 2.38. The standard InChI is InChI=1S/C15H11FN2O2/c16-11-7-5-10(6-8-11)9-18-13-4-2-1-3-12(13)14(17-20)15(18)19/h1-8,14H,9H2. The SMILES string of the molecule is O=NC1C(=O)N(Cc2ccc(F)cc2)c2ccccc21. The van der Waals surface area contributed by atoms with Gasteiger partial charge in [-0.3, -0.25) is 4.79 Å². The highest BCUT2D eigenvalue weighted by Gasteiger charge is 2.37. The molecule has 4 nitrogen and oxygen atoms in total. The molecule has 1 aliphatic rings. The Bertz CT molecular complexity index is 670. The molecule has 1 aliphatic heterocycles. The number of anilines is 1. The van der Waals surface area contributed by atoms with Crippen molar-refractivity contribution in [1.82, 2.24) is 0 Å². The fourth-order valence-electron chi connectivity index (χ4n) is 2.40. The van der Waals surface area contributed by atoms with Crippen LogP contribution < -0.4 is 4.90 Å². The van der Waals surface area contributed by atoms with Crippen LogP contribution in [0, 0.1) is 10.7 Å². The first-order valence-corrected chi connectivity index (χ1v) is 6.18. The summed E-state index contributed by atoms with van der Waals surface area (Å²) in [6.07, 6.45) is 0. The molecule has 1 atom stereocenters. The molecule has 0 bridgehead atoms. The van der Waals surface area contributed by atoms with Crippen LogP contribution in [-0.2, 0) is 11.3 Å². The highest BCUT2D eigenvalue weighted by atomic mass is 19.1. The zero-order valence-electron chi connectivity index (χ0n) is 10.5. The van der Waals surface area contributed by atoms with Gasteiger partial charge in [-0.05, 0) is 23.8 Å². The number of hydrogen-bond acceptors (Lipinski definition) is 3. The van der Waals surface area contributed by atoms with E-state index in [1.165, 1.54) is 17.0 Å². The first-order chi connectivity index (χ1) is 9.70. The zero-order chi connectivity index (χ0) is 14.1. The lowest BCUT2D eigenvalue weighted by atomic mass is 10.1. The third kappa shape index (κ3) is 1.97. The van der Waals surface area contributed by atoms with Crippen LogP contribution in [0.3, 0.4) is 0 Å². The van der Waals surface area contributed by atoms with Gasteiger partial charge in [-0.25, -0.2) is 4.39 Å². The summed E-state index contributed by atoms with van der Waals surface area (Å²) in [5, 5.41) is 2.91. The number of amides is 1. The summed E-state index contributed by atoms with van der Waals surface area (Å²) in [7, 11) is 0. The van der Waals surface area contributed by atoms with E-state index in [2.05, 4.69) is 5.18 Å². The Labute approximate surface area is 114 Å². The number of nitrogens with zero attached hydrogens (tertiary/aromatic N) is 2. The molecule has 0 saturated carbocycles. The summed E-state index contributed by atoms with van der Waals surface area (Å²) >= 11 is 0. The lowest BCUT2D eigenvalue weighted by molar-refractivity contribution is -0.119. The van der Waals surface area contributed by atoms with Crippen molar-refractivity contribution in [3.8, 4) is 0 Å². The second-order valence-corrected chi connectivity index (χ2v) is 4.62. The van der Waals surface area contributed by atoms with Crippen molar-refractivity contribution >= 4 is 11.6 Å². The molecular formula is C15H11FN2O2. The van der Waals surface area contributed by atoms with Crippen LogP contribution in [0.2, 0.25) is 0 Å². The van der Waals surface area contributed by atoms with Crippen molar-refractivity contribution in [2.24, 2.45) is 5.18 Å². The topological polar surface area (TPSA) is 49.7 Å². The third-order valence-corrected chi connectivity index (χ3v) is 3.38. The smallest absolute Gasteiger partial charge is 0.260 e. The van der Waals surface area contributed by atoms with Gasteiger partial charge in [0.05, 0.1) is 12.2 Å². The van der Waals surface area contributed by atoms with Gasteiger partial charge in [-0.1, -0.05) is 35.5 Å². The normalized spacial score (nSPS) is 17.1. The second-order valence-electron chi connectivity index (χ2n) is 4.62. The lowest BCUT2D eigenvalue weighted by Crippen LogP contribution is -2.27. The van der Waals surface area contributed by atoms with Gasteiger partial charge in [0.15, 0.2) is 6.04 Å². The number of carbonyl (C=O) groups excluding carboxylic acids is 1. The minimum Gasteiger partial charge on any atom is -0.305 e. The first kappa shape index (κ1) is 12.5. The Morgan fingerprint density at radius 2 is 1.80 bits per heavy atom. The number of nitroso groups, excluding NO2 is 1. The van der Waals surface area contributed by atoms with Gasteiger partial charge in [0.1, 0.15) is 5.82 Å². The Morgan fingerprint density at radius 1 is 1.10 bits per heavy atom. The minimum absolute atomic E-state index is 0.294. The van der Waals surface area contributed by atoms with Crippen molar-refractivity contribution < 1.29 is 9.18 Å². The Morgan fingerprint density at radius 3 is 2.50 bits per heavy atom. The van der Waals surface area contributed by atoms with E-state index in [0.717, 1.165) is 5.56 Å². The number of carbonyl (C=O) groups is 1. The molecule has 0 N–H and O–H groups in total. The van der Waals surface area contributed by atoms with E-state index in [9.17, 15) is 14.1 Å². The maximum atomic E-state index is 12.9. The van der Waals surface area contributed by atoms with Crippen LogP contribution in [0.1, 0.15) is 17.2 Å². The maximum absolute atomic E-state index is 12.9. The van der Waals surface area contributed by atoms with Gasteiger partial charge in [-0.2, -0.15) is 0 Å². The summed E-state index contributed by atoms with van der Waals surface area (Å²) in [4.78, 5) is 24.6. The predicted molar refractivity (Wildman–Crippen MR) is 72.6 cm³/mol. The number of benzene rings is 2. The van der Waals surface area contributed by atoms with E-state index in [0.29, 0.717) is 17.8 Å². The summed E-state index contributed by atoms with van der Waals surface area (Å²) in [5.41, 5.74) is 2.10. The Hall–Kier alpha value is -2.56. The Kier molecular flexibility index (Phi) is 3.02. The zero-order valence-corrected chi connectivity index (χ0v) is 10.5.